The van der Waals surface area contributed by atoms with Crippen LogP contribution in [0.3, 0.4) is 0 Å². The van der Waals surface area contributed by atoms with Crippen molar-refractivity contribution in [1.29, 1.82) is 0 Å². The molecule has 24 heavy (non-hydrogen) atoms. The summed E-state index contributed by atoms with van der Waals surface area (Å²) in [6, 6.07) is 9.71. The molecule has 1 aromatic heterocycles. The molecule has 0 spiro atoms. The molecule has 124 valence electrons. The molecule has 2 heterocycles. The summed E-state index contributed by atoms with van der Waals surface area (Å²) in [5, 5.41) is 2.81. The van der Waals surface area contributed by atoms with Crippen molar-refractivity contribution in [3.05, 3.63) is 59.4 Å². The average molecular weight is 323 g/mol. The van der Waals surface area contributed by atoms with E-state index in [1.807, 2.05) is 42.2 Å². The van der Waals surface area contributed by atoms with Crippen LogP contribution >= 0.6 is 0 Å². The number of anilines is 1. The van der Waals surface area contributed by atoms with Crippen LogP contribution in [0.5, 0.6) is 0 Å². The van der Waals surface area contributed by atoms with Crippen molar-refractivity contribution in [1.82, 2.24) is 9.88 Å². The number of nitrogens with one attached hydrogen (secondary N) is 1. The van der Waals surface area contributed by atoms with Crippen LogP contribution in [-0.4, -0.2) is 34.8 Å². The maximum absolute atomic E-state index is 12.6. The monoisotopic (exact) mass is 323 g/mol. The summed E-state index contributed by atoms with van der Waals surface area (Å²) >= 11 is 0. The van der Waals surface area contributed by atoms with Crippen LogP contribution in [0, 0.1) is 0 Å². The lowest BCUT2D eigenvalue weighted by molar-refractivity contribution is -0.130. The first-order chi connectivity index (χ1) is 11.7. The van der Waals surface area contributed by atoms with Crippen LogP contribution < -0.4 is 5.32 Å². The summed E-state index contributed by atoms with van der Waals surface area (Å²) in [5.74, 6) is 0.129. The van der Waals surface area contributed by atoms with Gasteiger partial charge in [-0.1, -0.05) is 12.1 Å². The lowest BCUT2D eigenvalue weighted by atomic mass is 10.1. The number of carbonyl (C=O) groups excluding carboxylic acids is 2. The van der Waals surface area contributed by atoms with Crippen LogP contribution in [0.4, 0.5) is 5.69 Å². The molecule has 0 radical (unpaired) electrons. The third-order valence-electron chi connectivity index (χ3n) is 4.30. The first-order valence-corrected chi connectivity index (χ1v) is 8.24. The third-order valence-corrected chi connectivity index (χ3v) is 4.30. The van der Waals surface area contributed by atoms with Crippen LogP contribution in [0.2, 0.25) is 0 Å². The smallest absolute Gasteiger partial charge is 0.228 e. The molecule has 0 bridgehead atoms. The van der Waals surface area contributed by atoms with E-state index in [0.717, 1.165) is 23.2 Å². The van der Waals surface area contributed by atoms with Crippen molar-refractivity contribution < 1.29 is 9.59 Å². The zero-order chi connectivity index (χ0) is 16.9. The maximum atomic E-state index is 12.6. The zero-order valence-electron chi connectivity index (χ0n) is 13.8. The molecular weight excluding hydrogens is 302 g/mol. The highest BCUT2D eigenvalue weighted by atomic mass is 16.2. The number of benzene rings is 1. The van der Waals surface area contributed by atoms with Crippen LogP contribution in [0.1, 0.15) is 23.6 Å². The lowest BCUT2D eigenvalue weighted by Crippen LogP contribution is -2.33. The average Bonchev–Trinajstić information content (AvgIpc) is 2.95. The number of carbonyl (C=O) groups is 2. The maximum Gasteiger partial charge on any atom is 0.228 e. The van der Waals surface area contributed by atoms with Gasteiger partial charge < -0.3 is 10.2 Å². The van der Waals surface area contributed by atoms with Crippen molar-refractivity contribution in [3.8, 4) is 0 Å². The van der Waals surface area contributed by atoms with Crippen LogP contribution in [0.15, 0.2) is 42.7 Å². The molecule has 1 aliphatic rings. The van der Waals surface area contributed by atoms with Crippen LogP contribution in [0.25, 0.3) is 0 Å². The molecule has 2 amide bonds. The second kappa shape index (κ2) is 7.25. The Labute approximate surface area is 141 Å². The Bertz CT molecular complexity index is 744. The quantitative estimate of drug-likeness (QED) is 0.886. The van der Waals surface area contributed by atoms with E-state index in [9.17, 15) is 9.59 Å². The molecule has 3 rings (SSSR count). The highest BCUT2D eigenvalue weighted by molar-refractivity contribution is 5.99. The molecule has 0 saturated heterocycles. The molecule has 5 nitrogen and oxygen atoms in total. The number of likely N-dealkylation sites (N-methyl/N-ethyl adjacent to an activating group) is 1. The van der Waals surface area contributed by atoms with Crippen molar-refractivity contribution in [2.45, 2.75) is 26.2 Å². The van der Waals surface area contributed by atoms with Gasteiger partial charge in [-0.3, -0.25) is 14.6 Å². The van der Waals surface area contributed by atoms with Gasteiger partial charge in [-0.2, -0.15) is 0 Å². The minimum atomic E-state index is 0.0148. The molecule has 0 aliphatic carbocycles. The molecule has 5 heteroatoms. The Morgan fingerprint density at radius 1 is 1.21 bits per heavy atom. The fourth-order valence-electron chi connectivity index (χ4n) is 2.95. The van der Waals surface area contributed by atoms with Gasteiger partial charge in [-0.05, 0) is 48.2 Å². The second-order valence-corrected chi connectivity index (χ2v) is 5.97. The molecule has 0 saturated carbocycles. The predicted molar refractivity (Wildman–Crippen MR) is 92.7 cm³/mol. The zero-order valence-corrected chi connectivity index (χ0v) is 13.8. The SMILES string of the molecule is CCN(CCc1ccncc1)C(=O)Cc1ccc2c(c1)CC(=O)N2. The highest BCUT2D eigenvalue weighted by Crippen LogP contribution is 2.24. The number of nitrogens with zero attached hydrogens (tertiary/aromatic N) is 2. The first kappa shape index (κ1) is 16.2. The van der Waals surface area contributed by atoms with Gasteiger partial charge >= 0.3 is 0 Å². The highest BCUT2D eigenvalue weighted by Gasteiger charge is 2.19. The van der Waals surface area contributed by atoms with Gasteiger partial charge in [0.25, 0.3) is 0 Å². The Kier molecular flexibility index (Phi) is 4.89. The largest absolute Gasteiger partial charge is 0.342 e. The van der Waals surface area contributed by atoms with Gasteiger partial charge in [-0.15, -0.1) is 0 Å². The van der Waals surface area contributed by atoms with E-state index in [1.54, 1.807) is 12.4 Å². The van der Waals surface area contributed by atoms with Gasteiger partial charge in [0, 0.05) is 31.2 Å². The Morgan fingerprint density at radius 3 is 2.75 bits per heavy atom. The molecule has 1 aromatic carbocycles. The molecular formula is C19H21N3O2. The Morgan fingerprint density at radius 2 is 2.00 bits per heavy atom. The van der Waals surface area contributed by atoms with E-state index in [0.29, 0.717) is 25.9 Å². The van der Waals surface area contributed by atoms with Gasteiger partial charge in [0.15, 0.2) is 0 Å². The fourth-order valence-corrected chi connectivity index (χ4v) is 2.95. The summed E-state index contributed by atoms with van der Waals surface area (Å²) in [7, 11) is 0. The number of amides is 2. The Hall–Kier alpha value is -2.69. The third kappa shape index (κ3) is 3.79. The van der Waals surface area contributed by atoms with Crippen molar-refractivity contribution >= 4 is 17.5 Å². The molecule has 1 aliphatic heterocycles. The van der Waals surface area contributed by atoms with Crippen molar-refractivity contribution in [2.24, 2.45) is 0 Å². The standard InChI is InChI=1S/C19H21N3O2/c1-2-22(10-7-14-5-8-20-9-6-14)19(24)12-15-3-4-17-16(11-15)13-18(23)21-17/h3-6,8-9,11H,2,7,10,12-13H2,1H3,(H,21,23). The van der Waals surface area contributed by atoms with Gasteiger partial charge in [-0.25, -0.2) is 0 Å². The lowest BCUT2D eigenvalue weighted by Gasteiger charge is -2.21. The number of fused-ring (bicyclic) bond motifs is 1. The Balaban J connectivity index is 1.60. The number of rotatable bonds is 6. The summed E-state index contributed by atoms with van der Waals surface area (Å²) in [5.41, 5.74) is 3.97. The minimum absolute atomic E-state index is 0.0148. The number of hydrogen-bond donors (Lipinski definition) is 1. The van der Waals surface area contributed by atoms with E-state index in [1.165, 1.54) is 5.56 Å². The molecule has 0 unspecified atom stereocenters. The number of hydrogen-bond acceptors (Lipinski definition) is 3. The van der Waals surface area contributed by atoms with Crippen molar-refractivity contribution in [3.63, 3.8) is 0 Å². The van der Waals surface area contributed by atoms with Crippen molar-refractivity contribution in [2.75, 3.05) is 18.4 Å². The van der Waals surface area contributed by atoms with E-state index in [-0.39, 0.29) is 11.8 Å². The number of pyridine rings is 1. The molecule has 1 N–H and O–H groups in total. The fraction of sp³-hybridized carbons (Fsp3) is 0.316. The normalized spacial score (nSPS) is 12.6. The van der Waals surface area contributed by atoms with Crippen LogP contribution in [-0.2, 0) is 28.9 Å². The first-order valence-electron chi connectivity index (χ1n) is 8.24. The van der Waals surface area contributed by atoms with E-state index in [2.05, 4.69) is 10.3 Å². The predicted octanol–water partition coefficient (Wildman–Crippen LogP) is 2.21. The van der Waals surface area contributed by atoms with Gasteiger partial charge in [0.05, 0.1) is 12.8 Å². The number of aromatic nitrogens is 1. The van der Waals surface area contributed by atoms with E-state index < -0.39 is 0 Å². The van der Waals surface area contributed by atoms with E-state index >= 15 is 0 Å². The molecule has 2 aromatic rings. The van der Waals surface area contributed by atoms with Gasteiger partial charge in [0.1, 0.15) is 0 Å². The van der Waals surface area contributed by atoms with Gasteiger partial charge in [0.2, 0.25) is 11.8 Å². The summed E-state index contributed by atoms with van der Waals surface area (Å²) in [6.07, 6.45) is 5.13. The molecule has 0 fully saturated rings. The minimum Gasteiger partial charge on any atom is -0.342 e. The van der Waals surface area contributed by atoms with E-state index in [4.69, 9.17) is 0 Å². The second-order valence-electron chi connectivity index (χ2n) is 5.97. The summed E-state index contributed by atoms with van der Waals surface area (Å²) in [6.45, 7) is 3.38. The molecule has 0 atom stereocenters. The summed E-state index contributed by atoms with van der Waals surface area (Å²) < 4.78 is 0. The topological polar surface area (TPSA) is 62.3 Å². The summed E-state index contributed by atoms with van der Waals surface area (Å²) in [4.78, 5) is 29.9.